The van der Waals surface area contributed by atoms with Gasteiger partial charge in [-0.1, -0.05) is 6.07 Å². The summed E-state index contributed by atoms with van der Waals surface area (Å²) in [4.78, 5) is 20.3. The third kappa shape index (κ3) is 2.19. The molecule has 1 aromatic heterocycles. The number of carbonyl (C=O) groups is 1. The minimum Gasteiger partial charge on any atom is -0.422 e. The van der Waals surface area contributed by atoms with E-state index in [2.05, 4.69) is 0 Å². The van der Waals surface area contributed by atoms with E-state index < -0.39 is 22.2 Å². The van der Waals surface area contributed by atoms with Gasteiger partial charge in [0.05, 0.1) is 4.92 Å². The van der Waals surface area contributed by atoms with Gasteiger partial charge < -0.3 is 9.15 Å². The van der Waals surface area contributed by atoms with Crippen molar-refractivity contribution in [1.29, 1.82) is 0 Å². The van der Waals surface area contributed by atoms with Gasteiger partial charge >= 0.3 is 5.69 Å². The third-order valence-electron chi connectivity index (χ3n) is 2.06. The highest BCUT2D eigenvalue weighted by molar-refractivity contribution is 5.70. The molecule has 0 aliphatic heterocycles. The second-order valence-electron chi connectivity index (χ2n) is 3.22. The van der Waals surface area contributed by atoms with Crippen molar-refractivity contribution in [2.24, 2.45) is 0 Å². The van der Waals surface area contributed by atoms with Crippen LogP contribution in [0.25, 0.3) is 0 Å². The van der Waals surface area contributed by atoms with Gasteiger partial charge in [-0.05, 0) is 12.1 Å². The molecule has 18 heavy (non-hydrogen) atoms. The fraction of sp³-hybridized carbons (Fsp3) is 0. The van der Waals surface area contributed by atoms with Gasteiger partial charge in [0.25, 0.3) is 5.95 Å². The molecule has 0 unspecified atom stereocenters. The zero-order chi connectivity index (χ0) is 13.1. The van der Waals surface area contributed by atoms with Crippen molar-refractivity contribution < 1.29 is 23.3 Å². The lowest BCUT2D eigenvalue weighted by Crippen LogP contribution is -1.95. The maximum absolute atomic E-state index is 13.4. The first-order valence-corrected chi connectivity index (χ1v) is 4.77. The summed E-state index contributed by atoms with van der Waals surface area (Å²) in [7, 11) is 0. The van der Waals surface area contributed by atoms with Crippen molar-refractivity contribution >= 4 is 12.0 Å². The molecular formula is C11H6FNO5. The molecule has 0 saturated carbocycles. The molecule has 2 rings (SSSR count). The summed E-state index contributed by atoms with van der Waals surface area (Å²) < 4.78 is 23.2. The van der Waals surface area contributed by atoms with E-state index in [1.807, 2.05) is 0 Å². The molecule has 92 valence electrons. The van der Waals surface area contributed by atoms with Crippen LogP contribution in [0.1, 0.15) is 10.6 Å². The number of ether oxygens (including phenoxy) is 1. The highest BCUT2D eigenvalue weighted by atomic mass is 19.1. The number of benzene rings is 1. The molecular weight excluding hydrogens is 245 g/mol. The lowest BCUT2D eigenvalue weighted by atomic mass is 10.3. The average molecular weight is 251 g/mol. The van der Waals surface area contributed by atoms with Gasteiger partial charge in [0.1, 0.15) is 0 Å². The molecule has 0 amide bonds. The van der Waals surface area contributed by atoms with Gasteiger partial charge in [-0.3, -0.25) is 14.9 Å². The van der Waals surface area contributed by atoms with Gasteiger partial charge in [0.2, 0.25) is 5.75 Å². The number of para-hydroxylation sites is 1. The smallest absolute Gasteiger partial charge is 0.314 e. The molecule has 6 nitrogen and oxygen atoms in total. The van der Waals surface area contributed by atoms with E-state index in [1.165, 1.54) is 18.2 Å². The predicted molar refractivity (Wildman–Crippen MR) is 57.2 cm³/mol. The van der Waals surface area contributed by atoms with Crippen LogP contribution in [0.2, 0.25) is 0 Å². The Balaban J connectivity index is 2.38. The predicted octanol–water partition coefficient (Wildman–Crippen LogP) is 2.93. The minimum atomic E-state index is -0.895. The van der Waals surface area contributed by atoms with Crippen LogP contribution in [0.15, 0.2) is 34.7 Å². The first-order valence-electron chi connectivity index (χ1n) is 4.77. The number of nitrogens with zero attached hydrogens (tertiary/aromatic N) is 1. The number of hydrogen-bond donors (Lipinski definition) is 0. The number of aldehydes is 1. The Morgan fingerprint density at radius 3 is 2.72 bits per heavy atom. The van der Waals surface area contributed by atoms with Crippen molar-refractivity contribution in [3.63, 3.8) is 0 Å². The van der Waals surface area contributed by atoms with E-state index in [0.717, 1.165) is 12.1 Å². The number of rotatable bonds is 4. The molecule has 0 saturated heterocycles. The normalized spacial score (nSPS) is 10.1. The standard InChI is InChI=1S/C11H6FNO5/c12-8-2-1-3-9(13(15)16)11(8)18-10-5-4-7(6-14)17-10/h1-6H. The molecule has 0 N–H and O–H groups in total. The summed E-state index contributed by atoms with van der Waals surface area (Å²) in [6, 6.07) is 5.88. The average Bonchev–Trinajstić information content (AvgIpc) is 2.79. The zero-order valence-electron chi connectivity index (χ0n) is 8.83. The van der Waals surface area contributed by atoms with E-state index >= 15 is 0 Å². The fourth-order valence-electron chi connectivity index (χ4n) is 1.30. The van der Waals surface area contributed by atoms with Crippen molar-refractivity contribution in [3.8, 4) is 11.7 Å². The molecule has 2 aromatic rings. The van der Waals surface area contributed by atoms with Crippen LogP contribution in [0.3, 0.4) is 0 Å². The highest BCUT2D eigenvalue weighted by Gasteiger charge is 2.21. The molecule has 0 spiro atoms. The van der Waals surface area contributed by atoms with Crippen molar-refractivity contribution in [3.05, 3.63) is 52.0 Å². The third-order valence-corrected chi connectivity index (χ3v) is 2.06. The topological polar surface area (TPSA) is 82.6 Å². The molecule has 0 radical (unpaired) electrons. The molecule has 1 aromatic carbocycles. The SMILES string of the molecule is O=Cc1ccc(Oc2c(F)cccc2[N+](=O)[O-])o1. The van der Waals surface area contributed by atoms with Gasteiger partial charge in [0.15, 0.2) is 17.9 Å². The van der Waals surface area contributed by atoms with Gasteiger partial charge in [-0.25, -0.2) is 4.39 Å². The number of halogens is 1. The molecule has 7 heteroatoms. The summed E-state index contributed by atoms with van der Waals surface area (Å²) in [6.45, 7) is 0. The number of nitro groups is 1. The monoisotopic (exact) mass is 251 g/mol. The van der Waals surface area contributed by atoms with Crippen LogP contribution in [0.5, 0.6) is 11.7 Å². The maximum Gasteiger partial charge on any atom is 0.314 e. The Kier molecular flexibility index (Phi) is 3.05. The molecule has 1 heterocycles. The van der Waals surface area contributed by atoms with Crippen molar-refractivity contribution in [1.82, 2.24) is 0 Å². The van der Waals surface area contributed by atoms with Crippen LogP contribution < -0.4 is 4.74 Å². The van der Waals surface area contributed by atoms with Crippen molar-refractivity contribution in [2.45, 2.75) is 0 Å². The minimum absolute atomic E-state index is 0.0241. The first-order chi connectivity index (χ1) is 8.61. The number of nitro benzene ring substituents is 1. The van der Waals surface area contributed by atoms with E-state index in [4.69, 9.17) is 9.15 Å². The molecule has 0 aliphatic carbocycles. The Bertz CT molecular complexity index is 607. The van der Waals surface area contributed by atoms with E-state index in [0.29, 0.717) is 6.29 Å². The quantitative estimate of drug-likeness (QED) is 0.474. The highest BCUT2D eigenvalue weighted by Crippen LogP contribution is 2.34. The van der Waals surface area contributed by atoms with Crippen LogP contribution in [-0.4, -0.2) is 11.2 Å². The summed E-state index contributed by atoms with van der Waals surface area (Å²) >= 11 is 0. The number of carbonyl (C=O) groups excluding carboxylic acids is 1. The Hall–Kier alpha value is -2.70. The first kappa shape index (κ1) is 11.8. The summed E-state index contributed by atoms with van der Waals surface area (Å²) in [5.74, 6) is -1.68. The van der Waals surface area contributed by atoms with Crippen LogP contribution in [0.4, 0.5) is 10.1 Å². The second kappa shape index (κ2) is 4.66. The van der Waals surface area contributed by atoms with E-state index in [1.54, 1.807) is 0 Å². The van der Waals surface area contributed by atoms with E-state index in [-0.39, 0.29) is 11.7 Å². The number of hydrogen-bond acceptors (Lipinski definition) is 5. The molecule has 0 bridgehead atoms. The second-order valence-corrected chi connectivity index (χ2v) is 3.22. The van der Waals surface area contributed by atoms with Crippen LogP contribution in [0, 0.1) is 15.9 Å². The largest absolute Gasteiger partial charge is 0.422 e. The molecule has 0 aliphatic rings. The Morgan fingerprint density at radius 2 is 2.11 bits per heavy atom. The summed E-state index contributed by atoms with van der Waals surface area (Å²) in [6.07, 6.45) is 0.433. The van der Waals surface area contributed by atoms with Gasteiger partial charge in [0, 0.05) is 12.1 Å². The molecule has 0 fully saturated rings. The Labute approximate surface area is 99.7 Å². The lowest BCUT2D eigenvalue weighted by molar-refractivity contribution is -0.385. The number of furan rings is 1. The van der Waals surface area contributed by atoms with E-state index in [9.17, 15) is 19.3 Å². The zero-order valence-corrected chi connectivity index (χ0v) is 8.83. The van der Waals surface area contributed by atoms with Gasteiger partial charge in [-0.15, -0.1) is 0 Å². The van der Waals surface area contributed by atoms with Crippen LogP contribution >= 0.6 is 0 Å². The summed E-state index contributed by atoms with van der Waals surface area (Å²) in [5, 5.41) is 10.7. The molecule has 0 atom stereocenters. The van der Waals surface area contributed by atoms with Gasteiger partial charge in [-0.2, -0.15) is 0 Å². The Morgan fingerprint density at radius 1 is 1.33 bits per heavy atom. The lowest BCUT2D eigenvalue weighted by Gasteiger charge is -2.03. The fourth-order valence-corrected chi connectivity index (χ4v) is 1.30. The maximum atomic E-state index is 13.4. The van der Waals surface area contributed by atoms with Crippen LogP contribution in [-0.2, 0) is 0 Å². The summed E-state index contributed by atoms with van der Waals surface area (Å²) in [5.41, 5.74) is -0.529. The van der Waals surface area contributed by atoms with Crippen molar-refractivity contribution in [2.75, 3.05) is 0 Å².